The highest BCUT2D eigenvalue weighted by Crippen LogP contribution is 2.19. The average Bonchev–Trinajstić information content (AvgIpc) is 2.47. The lowest BCUT2D eigenvalue weighted by molar-refractivity contribution is 0.486. The van der Waals surface area contributed by atoms with E-state index in [-0.39, 0.29) is 4.90 Å². The van der Waals surface area contributed by atoms with Crippen molar-refractivity contribution in [2.45, 2.75) is 25.3 Å². The van der Waals surface area contributed by atoms with Crippen LogP contribution in [0.3, 0.4) is 0 Å². The van der Waals surface area contributed by atoms with Crippen LogP contribution in [-0.2, 0) is 16.7 Å². The predicted octanol–water partition coefficient (Wildman–Crippen LogP) is 2.87. The molecule has 0 spiro atoms. The molecule has 0 heterocycles. The summed E-state index contributed by atoms with van der Waals surface area (Å²) >= 11 is 0. The predicted molar refractivity (Wildman–Crippen MR) is 82.8 cm³/mol. The van der Waals surface area contributed by atoms with Crippen molar-refractivity contribution >= 4 is 10.1 Å². The molecule has 0 aliphatic carbocycles. The summed E-state index contributed by atoms with van der Waals surface area (Å²) in [5.74, 6) is 0.316. The summed E-state index contributed by atoms with van der Waals surface area (Å²) < 4.78 is 29.4. The Morgan fingerprint density at radius 1 is 1.00 bits per heavy atom. The molecule has 0 amide bonds. The Balaban J connectivity index is 2.11. The average molecular weight is 305 g/mol. The lowest BCUT2D eigenvalue weighted by atomic mass is 10.2. The molecule has 4 nitrogen and oxygen atoms in total. The molecule has 0 saturated carbocycles. The van der Waals surface area contributed by atoms with Gasteiger partial charge in [0.15, 0.2) is 0 Å². The fraction of sp³-hybridized carbons (Fsp3) is 0.250. The van der Waals surface area contributed by atoms with Gasteiger partial charge in [0.05, 0.1) is 0 Å². The van der Waals surface area contributed by atoms with E-state index < -0.39 is 10.1 Å². The molecule has 21 heavy (non-hydrogen) atoms. The molecule has 2 aromatic rings. The van der Waals surface area contributed by atoms with Crippen LogP contribution in [0.15, 0.2) is 53.4 Å². The van der Waals surface area contributed by atoms with Crippen LogP contribution in [0.5, 0.6) is 5.75 Å². The van der Waals surface area contributed by atoms with Gasteiger partial charge in [0.2, 0.25) is 0 Å². The molecule has 0 aliphatic rings. The van der Waals surface area contributed by atoms with Gasteiger partial charge in [-0.25, -0.2) is 0 Å². The normalized spacial score (nSPS) is 11.3. The van der Waals surface area contributed by atoms with Crippen molar-refractivity contribution in [2.24, 2.45) is 0 Å². The Morgan fingerprint density at radius 2 is 1.62 bits per heavy atom. The minimum Gasteiger partial charge on any atom is -0.379 e. The maximum Gasteiger partial charge on any atom is 0.339 e. The van der Waals surface area contributed by atoms with Gasteiger partial charge in [0, 0.05) is 6.54 Å². The number of nitrogens with one attached hydrogen (secondary N) is 1. The number of hydrogen-bond acceptors (Lipinski definition) is 4. The molecule has 0 unspecified atom stereocenters. The van der Waals surface area contributed by atoms with Crippen LogP contribution < -0.4 is 9.50 Å². The van der Waals surface area contributed by atoms with E-state index in [9.17, 15) is 8.42 Å². The van der Waals surface area contributed by atoms with Crippen LogP contribution in [0, 0.1) is 6.92 Å². The Hall–Kier alpha value is -1.85. The number of rotatable bonds is 6. The van der Waals surface area contributed by atoms with Gasteiger partial charge >= 0.3 is 10.1 Å². The van der Waals surface area contributed by atoms with Crippen LogP contribution in [0.1, 0.15) is 18.1 Å². The van der Waals surface area contributed by atoms with Crippen molar-refractivity contribution in [1.82, 2.24) is 5.32 Å². The molecule has 2 aromatic carbocycles. The molecule has 0 radical (unpaired) electrons. The maximum atomic E-state index is 12.1. The summed E-state index contributed by atoms with van der Waals surface area (Å²) in [6.07, 6.45) is 0. The molecule has 112 valence electrons. The fourth-order valence-electron chi connectivity index (χ4n) is 1.81. The van der Waals surface area contributed by atoms with Crippen molar-refractivity contribution in [3.05, 3.63) is 59.7 Å². The zero-order chi connectivity index (χ0) is 15.3. The van der Waals surface area contributed by atoms with Crippen molar-refractivity contribution in [1.29, 1.82) is 0 Å². The largest absolute Gasteiger partial charge is 0.379 e. The van der Waals surface area contributed by atoms with E-state index in [1.54, 1.807) is 36.4 Å². The summed E-state index contributed by atoms with van der Waals surface area (Å²) in [5, 5.41) is 3.20. The van der Waals surface area contributed by atoms with E-state index in [0.29, 0.717) is 5.75 Å². The van der Waals surface area contributed by atoms with Gasteiger partial charge < -0.3 is 9.50 Å². The lowest BCUT2D eigenvalue weighted by Gasteiger charge is -2.08. The van der Waals surface area contributed by atoms with Gasteiger partial charge in [-0.2, -0.15) is 8.42 Å². The van der Waals surface area contributed by atoms with Crippen LogP contribution in [0.2, 0.25) is 0 Å². The summed E-state index contributed by atoms with van der Waals surface area (Å²) in [4.78, 5) is 0.157. The zero-order valence-electron chi connectivity index (χ0n) is 12.2. The number of hydrogen-bond donors (Lipinski definition) is 1. The van der Waals surface area contributed by atoms with Crippen LogP contribution in [0.4, 0.5) is 0 Å². The Kier molecular flexibility index (Phi) is 4.98. The van der Waals surface area contributed by atoms with E-state index in [1.807, 2.05) is 26.0 Å². The quantitative estimate of drug-likeness (QED) is 0.834. The van der Waals surface area contributed by atoms with E-state index in [0.717, 1.165) is 24.2 Å². The number of aryl methyl sites for hydroxylation is 1. The second-order valence-electron chi connectivity index (χ2n) is 4.77. The van der Waals surface area contributed by atoms with Gasteiger partial charge in [-0.15, -0.1) is 0 Å². The smallest absolute Gasteiger partial charge is 0.339 e. The van der Waals surface area contributed by atoms with Crippen LogP contribution in [-0.4, -0.2) is 15.0 Å². The summed E-state index contributed by atoms with van der Waals surface area (Å²) in [5.41, 5.74) is 2.08. The summed E-state index contributed by atoms with van der Waals surface area (Å²) in [6.45, 7) is 5.58. The molecule has 0 atom stereocenters. The van der Waals surface area contributed by atoms with Gasteiger partial charge in [-0.1, -0.05) is 36.8 Å². The topological polar surface area (TPSA) is 55.4 Å². The molecule has 2 rings (SSSR count). The molecular weight excluding hydrogens is 286 g/mol. The second kappa shape index (κ2) is 6.74. The third-order valence-corrected chi connectivity index (χ3v) is 4.28. The van der Waals surface area contributed by atoms with E-state index in [4.69, 9.17) is 4.18 Å². The molecule has 5 heteroatoms. The monoisotopic (exact) mass is 305 g/mol. The third-order valence-electron chi connectivity index (χ3n) is 3.02. The van der Waals surface area contributed by atoms with Gasteiger partial charge in [0.25, 0.3) is 0 Å². The first-order valence-corrected chi connectivity index (χ1v) is 8.23. The summed E-state index contributed by atoms with van der Waals surface area (Å²) in [6, 6.07) is 13.6. The first kappa shape index (κ1) is 15.5. The van der Waals surface area contributed by atoms with Crippen molar-refractivity contribution < 1.29 is 12.6 Å². The standard InChI is InChI=1S/C16H19NO3S/c1-3-17-12-14-6-8-15(9-7-14)20-21(18,19)16-10-4-13(2)5-11-16/h4-11,17H,3,12H2,1-2H3. The van der Waals surface area contributed by atoms with E-state index in [1.165, 1.54) is 0 Å². The number of benzene rings is 2. The maximum absolute atomic E-state index is 12.1. The highest BCUT2D eigenvalue weighted by atomic mass is 32.2. The zero-order valence-corrected chi connectivity index (χ0v) is 13.0. The molecular formula is C16H19NO3S. The first-order chi connectivity index (χ1) is 10.0. The van der Waals surface area contributed by atoms with Gasteiger partial charge in [0.1, 0.15) is 10.6 Å². The first-order valence-electron chi connectivity index (χ1n) is 6.82. The SMILES string of the molecule is CCNCc1ccc(OS(=O)(=O)c2ccc(C)cc2)cc1. The molecule has 0 fully saturated rings. The molecule has 0 bridgehead atoms. The van der Waals surface area contributed by atoms with Gasteiger partial charge in [-0.3, -0.25) is 0 Å². The van der Waals surface area contributed by atoms with Gasteiger partial charge in [-0.05, 0) is 43.3 Å². The second-order valence-corrected chi connectivity index (χ2v) is 6.32. The molecule has 0 aromatic heterocycles. The van der Waals surface area contributed by atoms with Crippen molar-refractivity contribution in [2.75, 3.05) is 6.54 Å². The molecule has 1 N–H and O–H groups in total. The Labute approximate surface area is 125 Å². The lowest BCUT2D eigenvalue weighted by Crippen LogP contribution is -2.12. The van der Waals surface area contributed by atoms with Crippen molar-refractivity contribution in [3.8, 4) is 5.75 Å². The highest BCUT2D eigenvalue weighted by Gasteiger charge is 2.16. The summed E-state index contributed by atoms with van der Waals surface area (Å²) in [7, 11) is -3.78. The Bertz CT molecular complexity index is 676. The van der Waals surface area contributed by atoms with E-state index >= 15 is 0 Å². The van der Waals surface area contributed by atoms with Crippen LogP contribution >= 0.6 is 0 Å². The van der Waals surface area contributed by atoms with E-state index in [2.05, 4.69) is 5.32 Å². The minimum atomic E-state index is -3.78. The highest BCUT2D eigenvalue weighted by molar-refractivity contribution is 7.87. The minimum absolute atomic E-state index is 0.157. The van der Waals surface area contributed by atoms with Crippen LogP contribution in [0.25, 0.3) is 0 Å². The molecule has 0 saturated heterocycles. The Morgan fingerprint density at radius 3 is 2.19 bits per heavy atom. The third kappa shape index (κ3) is 4.31. The van der Waals surface area contributed by atoms with Crippen molar-refractivity contribution in [3.63, 3.8) is 0 Å². The molecule has 0 aliphatic heterocycles. The fourth-order valence-corrected chi connectivity index (χ4v) is 2.74.